The summed E-state index contributed by atoms with van der Waals surface area (Å²) in [7, 11) is 0. The molecule has 1 aromatic rings. The molecular formula is C8H14N6. The van der Waals surface area contributed by atoms with Gasteiger partial charge in [-0.25, -0.2) is 0 Å². The van der Waals surface area contributed by atoms with Gasteiger partial charge in [0.05, 0.1) is 0 Å². The molecule has 1 aromatic heterocycles. The van der Waals surface area contributed by atoms with Crippen LogP contribution in [0.5, 0.6) is 0 Å². The van der Waals surface area contributed by atoms with Gasteiger partial charge in [-0.3, -0.25) is 0 Å². The minimum Gasteiger partial charge on any atom is -0.383 e. The third kappa shape index (κ3) is 1.85. The second kappa shape index (κ2) is 3.67. The summed E-state index contributed by atoms with van der Waals surface area (Å²) >= 11 is 0. The molecule has 1 aliphatic rings. The number of nitrogens with two attached hydrogens (primary N) is 2. The van der Waals surface area contributed by atoms with E-state index >= 15 is 0 Å². The van der Waals surface area contributed by atoms with Crippen molar-refractivity contribution in [3.05, 3.63) is 6.07 Å². The molecule has 0 aromatic carbocycles. The lowest BCUT2D eigenvalue weighted by Gasteiger charge is -2.28. The van der Waals surface area contributed by atoms with Crippen LogP contribution in [0.1, 0.15) is 0 Å². The van der Waals surface area contributed by atoms with Gasteiger partial charge in [-0.05, 0) is 0 Å². The topological polar surface area (TPSA) is 93.1 Å². The number of rotatable bonds is 1. The molecule has 2 heterocycles. The van der Waals surface area contributed by atoms with Crippen LogP contribution < -0.4 is 21.7 Å². The van der Waals surface area contributed by atoms with Crippen molar-refractivity contribution in [3.8, 4) is 0 Å². The molecule has 14 heavy (non-hydrogen) atoms. The van der Waals surface area contributed by atoms with E-state index in [1.807, 2.05) is 0 Å². The molecular weight excluding hydrogens is 180 g/mol. The van der Waals surface area contributed by atoms with Crippen LogP contribution in [-0.4, -0.2) is 36.1 Å². The summed E-state index contributed by atoms with van der Waals surface area (Å²) < 4.78 is 0. The lowest BCUT2D eigenvalue weighted by Crippen LogP contribution is -2.44. The largest absolute Gasteiger partial charge is 0.383 e. The van der Waals surface area contributed by atoms with Crippen molar-refractivity contribution < 1.29 is 0 Å². The molecule has 0 radical (unpaired) electrons. The highest BCUT2D eigenvalue weighted by molar-refractivity contribution is 5.50. The van der Waals surface area contributed by atoms with Crippen LogP contribution in [-0.2, 0) is 0 Å². The smallest absolute Gasteiger partial charge is 0.223 e. The fourth-order valence-electron chi connectivity index (χ4n) is 1.53. The third-order valence-corrected chi connectivity index (χ3v) is 2.19. The van der Waals surface area contributed by atoms with E-state index in [-0.39, 0.29) is 5.95 Å². The van der Waals surface area contributed by atoms with Gasteiger partial charge in [0, 0.05) is 32.2 Å². The molecule has 1 aliphatic heterocycles. The molecule has 1 fully saturated rings. The zero-order valence-electron chi connectivity index (χ0n) is 7.90. The second-order valence-corrected chi connectivity index (χ2v) is 3.25. The van der Waals surface area contributed by atoms with Crippen molar-refractivity contribution in [2.24, 2.45) is 0 Å². The van der Waals surface area contributed by atoms with Gasteiger partial charge >= 0.3 is 0 Å². The van der Waals surface area contributed by atoms with Gasteiger partial charge in [0.15, 0.2) is 0 Å². The average Bonchev–Trinajstić information content (AvgIpc) is 2.18. The highest BCUT2D eigenvalue weighted by Crippen LogP contribution is 2.14. The van der Waals surface area contributed by atoms with Crippen LogP contribution in [0.3, 0.4) is 0 Å². The van der Waals surface area contributed by atoms with Crippen molar-refractivity contribution in [3.63, 3.8) is 0 Å². The Morgan fingerprint density at radius 3 is 2.57 bits per heavy atom. The van der Waals surface area contributed by atoms with Crippen LogP contribution in [0, 0.1) is 0 Å². The SMILES string of the molecule is Nc1cc(N2CCNCC2)nc(N)n1. The maximum absolute atomic E-state index is 5.59. The van der Waals surface area contributed by atoms with Crippen molar-refractivity contribution in [2.45, 2.75) is 0 Å². The predicted molar refractivity (Wildman–Crippen MR) is 55.9 cm³/mol. The molecule has 76 valence electrons. The minimum absolute atomic E-state index is 0.235. The minimum atomic E-state index is 0.235. The van der Waals surface area contributed by atoms with Gasteiger partial charge in [-0.15, -0.1) is 0 Å². The zero-order chi connectivity index (χ0) is 9.97. The summed E-state index contributed by atoms with van der Waals surface area (Å²) in [5.41, 5.74) is 11.1. The Kier molecular flexibility index (Phi) is 2.36. The van der Waals surface area contributed by atoms with Crippen molar-refractivity contribution in [1.82, 2.24) is 15.3 Å². The lowest BCUT2D eigenvalue weighted by atomic mass is 10.3. The Morgan fingerprint density at radius 2 is 1.93 bits per heavy atom. The molecule has 0 aliphatic carbocycles. The molecule has 5 N–H and O–H groups in total. The van der Waals surface area contributed by atoms with Gasteiger partial charge in [0.1, 0.15) is 11.6 Å². The molecule has 0 saturated carbocycles. The Morgan fingerprint density at radius 1 is 1.21 bits per heavy atom. The van der Waals surface area contributed by atoms with Crippen LogP contribution >= 0.6 is 0 Å². The number of anilines is 3. The maximum atomic E-state index is 5.59. The van der Waals surface area contributed by atoms with Crippen molar-refractivity contribution in [1.29, 1.82) is 0 Å². The summed E-state index contributed by atoms with van der Waals surface area (Å²) in [5.74, 6) is 1.47. The van der Waals surface area contributed by atoms with Crippen LogP contribution in [0.15, 0.2) is 6.07 Å². The Bertz CT molecular complexity index is 299. The van der Waals surface area contributed by atoms with Crippen LogP contribution in [0.4, 0.5) is 17.6 Å². The highest BCUT2D eigenvalue weighted by Gasteiger charge is 2.12. The Balaban J connectivity index is 2.21. The van der Waals surface area contributed by atoms with E-state index in [4.69, 9.17) is 11.5 Å². The summed E-state index contributed by atoms with van der Waals surface area (Å²) in [5, 5.41) is 3.27. The van der Waals surface area contributed by atoms with E-state index in [0.717, 1.165) is 32.0 Å². The normalized spacial score (nSPS) is 17.0. The van der Waals surface area contributed by atoms with Gasteiger partial charge in [-0.1, -0.05) is 0 Å². The number of nitrogen functional groups attached to an aromatic ring is 2. The Labute approximate surface area is 82.3 Å². The fourth-order valence-corrected chi connectivity index (χ4v) is 1.53. The van der Waals surface area contributed by atoms with Crippen molar-refractivity contribution >= 4 is 17.6 Å². The number of hydrogen-bond acceptors (Lipinski definition) is 6. The lowest BCUT2D eigenvalue weighted by molar-refractivity contribution is 0.585. The molecule has 6 heteroatoms. The first-order chi connectivity index (χ1) is 6.75. The van der Waals surface area contributed by atoms with E-state index in [1.165, 1.54) is 0 Å². The van der Waals surface area contributed by atoms with E-state index in [2.05, 4.69) is 20.2 Å². The first-order valence-electron chi connectivity index (χ1n) is 4.61. The standard InChI is InChI=1S/C8H14N6/c9-6-5-7(13-8(10)12-6)14-3-1-11-2-4-14/h5,11H,1-4H2,(H4,9,10,12,13). The average molecular weight is 194 g/mol. The molecule has 0 atom stereocenters. The predicted octanol–water partition coefficient (Wildman–Crippen LogP) is -0.949. The molecule has 1 saturated heterocycles. The highest BCUT2D eigenvalue weighted by atomic mass is 15.2. The second-order valence-electron chi connectivity index (χ2n) is 3.25. The quantitative estimate of drug-likeness (QED) is 0.534. The molecule has 6 nitrogen and oxygen atoms in total. The summed E-state index contributed by atoms with van der Waals surface area (Å²) in [4.78, 5) is 10.1. The molecule has 2 rings (SSSR count). The van der Waals surface area contributed by atoms with Crippen LogP contribution in [0.2, 0.25) is 0 Å². The van der Waals surface area contributed by atoms with Gasteiger partial charge < -0.3 is 21.7 Å². The molecule has 0 bridgehead atoms. The van der Waals surface area contributed by atoms with Gasteiger partial charge in [0.25, 0.3) is 0 Å². The monoisotopic (exact) mass is 194 g/mol. The van der Waals surface area contributed by atoms with Crippen LogP contribution in [0.25, 0.3) is 0 Å². The summed E-state index contributed by atoms with van der Waals surface area (Å²) in [6.07, 6.45) is 0. The summed E-state index contributed by atoms with van der Waals surface area (Å²) in [6.45, 7) is 3.78. The first kappa shape index (κ1) is 9.01. The molecule has 0 amide bonds. The van der Waals surface area contributed by atoms with Gasteiger partial charge in [0.2, 0.25) is 5.95 Å². The summed E-state index contributed by atoms with van der Waals surface area (Å²) in [6, 6.07) is 1.75. The number of piperazine rings is 1. The van der Waals surface area contributed by atoms with Crippen molar-refractivity contribution in [2.75, 3.05) is 42.5 Å². The number of nitrogens with zero attached hydrogens (tertiary/aromatic N) is 3. The number of nitrogens with one attached hydrogen (secondary N) is 1. The van der Waals surface area contributed by atoms with Gasteiger partial charge in [-0.2, -0.15) is 9.97 Å². The number of aromatic nitrogens is 2. The van der Waals surface area contributed by atoms with E-state index in [9.17, 15) is 0 Å². The van der Waals surface area contributed by atoms with E-state index < -0.39 is 0 Å². The first-order valence-corrected chi connectivity index (χ1v) is 4.61. The van der Waals surface area contributed by atoms with E-state index in [0.29, 0.717) is 5.82 Å². The van der Waals surface area contributed by atoms with E-state index in [1.54, 1.807) is 6.07 Å². The fraction of sp³-hybridized carbons (Fsp3) is 0.500. The third-order valence-electron chi connectivity index (χ3n) is 2.19. The molecule has 0 spiro atoms. The maximum Gasteiger partial charge on any atom is 0.223 e. The number of hydrogen-bond donors (Lipinski definition) is 3. The Hall–Kier alpha value is -1.56. The zero-order valence-corrected chi connectivity index (χ0v) is 7.90. The molecule has 0 unspecified atom stereocenters.